The quantitative estimate of drug-likeness (QED) is 0.0205. The first-order valence-corrected chi connectivity index (χ1v) is 24.3. The van der Waals surface area contributed by atoms with Crippen molar-refractivity contribution < 1.29 is 70.6 Å². The van der Waals surface area contributed by atoms with Crippen LogP contribution in [-0.2, 0) is 61.3 Å². The van der Waals surface area contributed by atoms with Gasteiger partial charge in [-0.2, -0.15) is 0 Å². The number of quaternary nitrogens is 1. The molecular formula is C43H82N4O14P+. The van der Waals surface area contributed by atoms with Crippen LogP contribution in [-0.4, -0.2) is 144 Å². The van der Waals surface area contributed by atoms with Gasteiger partial charge in [-0.15, -0.1) is 0 Å². The highest BCUT2D eigenvalue weighted by Gasteiger charge is 2.36. The number of esters is 3. The van der Waals surface area contributed by atoms with Crippen molar-refractivity contribution in [2.24, 2.45) is 0 Å². The van der Waals surface area contributed by atoms with Gasteiger partial charge in [0.05, 0.1) is 47.5 Å². The van der Waals surface area contributed by atoms with E-state index >= 15 is 0 Å². The molecule has 0 aliphatic carbocycles. The number of unbranched alkanes of at least 4 members (excludes halogenated alkanes) is 13. The van der Waals surface area contributed by atoms with E-state index in [4.69, 9.17) is 32.7 Å². The molecule has 1 aliphatic rings. The molecule has 362 valence electrons. The zero-order chi connectivity index (χ0) is 46.2. The molecule has 62 heavy (non-hydrogen) atoms. The molecule has 1 fully saturated rings. The SMILES string of the molecule is CCCCCCCCCCCCCCCC(=O)OCC(COP(=O)(O)OCC[N+](C)(C)C)OC(=O)CCC1OC(OC)CC1NCCCCC(NC(=O)CNC(C)=O)C(=O)OC. The van der Waals surface area contributed by atoms with Crippen LogP contribution in [0.4, 0.5) is 0 Å². The fraction of sp³-hybridized carbons (Fsp3) is 0.884. The third-order valence-electron chi connectivity index (χ3n) is 10.4. The molecule has 0 radical (unpaired) electrons. The van der Waals surface area contributed by atoms with E-state index in [1.54, 1.807) is 0 Å². The Morgan fingerprint density at radius 2 is 1.45 bits per heavy atom. The maximum absolute atomic E-state index is 13.1. The minimum Gasteiger partial charge on any atom is -0.467 e. The van der Waals surface area contributed by atoms with E-state index in [-0.39, 0.29) is 51.0 Å². The van der Waals surface area contributed by atoms with Crippen LogP contribution in [0.25, 0.3) is 0 Å². The Hall–Kier alpha value is -2.70. The lowest BCUT2D eigenvalue weighted by Crippen LogP contribution is -2.45. The third kappa shape index (κ3) is 30.4. The Morgan fingerprint density at radius 1 is 0.823 bits per heavy atom. The smallest absolute Gasteiger partial charge is 0.467 e. The van der Waals surface area contributed by atoms with Crippen molar-refractivity contribution in [3.8, 4) is 0 Å². The van der Waals surface area contributed by atoms with Crippen molar-refractivity contribution in [1.29, 1.82) is 0 Å². The van der Waals surface area contributed by atoms with Gasteiger partial charge in [0.1, 0.15) is 25.8 Å². The number of ether oxygens (including phenoxy) is 5. The van der Waals surface area contributed by atoms with Gasteiger partial charge >= 0.3 is 25.7 Å². The summed E-state index contributed by atoms with van der Waals surface area (Å²) >= 11 is 0. The van der Waals surface area contributed by atoms with Crippen LogP contribution in [0, 0.1) is 0 Å². The van der Waals surface area contributed by atoms with Crippen molar-refractivity contribution in [1.82, 2.24) is 16.0 Å². The van der Waals surface area contributed by atoms with Crippen LogP contribution >= 0.6 is 7.82 Å². The second-order valence-corrected chi connectivity index (χ2v) is 18.6. The van der Waals surface area contributed by atoms with Crippen molar-refractivity contribution in [2.75, 3.05) is 74.8 Å². The van der Waals surface area contributed by atoms with E-state index in [1.807, 2.05) is 21.1 Å². The van der Waals surface area contributed by atoms with Crippen molar-refractivity contribution in [2.45, 2.75) is 173 Å². The fourth-order valence-electron chi connectivity index (χ4n) is 6.75. The first-order valence-electron chi connectivity index (χ1n) is 22.8. The Labute approximate surface area is 371 Å². The van der Waals surface area contributed by atoms with E-state index in [0.717, 1.165) is 19.3 Å². The summed E-state index contributed by atoms with van der Waals surface area (Å²) in [5, 5.41) is 8.41. The minimum atomic E-state index is -4.50. The number of methoxy groups -OCH3 is 2. The van der Waals surface area contributed by atoms with Gasteiger partial charge in [0.2, 0.25) is 11.8 Å². The summed E-state index contributed by atoms with van der Waals surface area (Å²) in [4.78, 5) is 71.6. The van der Waals surface area contributed by atoms with Crippen molar-refractivity contribution in [3.63, 3.8) is 0 Å². The average molecular weight is 910 g/mol. The molecule has 6 atom stereocenters. The zero-order valence-electron chi connectivity index (χ0n) is 38.9. The van der Waals surface area contributed by atoms with Gasteiger partial charge in [-0.05, 0) is 38.6 Å². The zero-order valence-corrected chi connectivity index (χ0v) is 39.8. The van der Waals surface area contributed by atoms with Crippen LogP contribution in [0.1, 0.15) is 142 Å². The highest BCUT2D eigenvalue weighted by atomic mass is 31.2. The van der Waals surface area contributed by atoms with E-state index in [2.05, 4.69) is 22.9 Å². The molecule has 2 amide bonds. The lowest BCUT2D eigenvalue weighted by molar-refractivity contribution is -0.870. The van der Waals surface area contributed by atoms with E-state index in [1.165, 1.54) is 78.9 Å². The molecule has 0 bridgehead atoms. The summed E-state index contributed by atoms with van der Waals surface area (Å²) in [7, 11) is 4.00. The lowest BCUT2D eigenvalue weighted by atomic mass is 10.0. The van der Waals surface area contributed by atoms with Crippen molar-refractivity contribution >= 4 is 37.5 Å². The number of carbonyl (C=O) groups is 5. The average Bonchev–Trinajstić information content (AvgIpc) is 3.62. The first kappa shape index (κ1) is 57.3. The number of nitrogens with zero attached hydrogens (tertiary/aromatic N) is 1. The molecule has 1 rings (SSSR count). The summed E-state index contributed by atoms with van der Waals surface area (Å²) < 4.78 is 50.8. The molecule has 18 nitrogen and oxygen atoms in total. The predicted octanol–water partition coefficient (Wildman–Crippen LogP) is 5.23. The molecule has 1 heterocycles. The molecule has 0 spiro atoms. The number of phosphoric ester groups is 1. The summed E-state index contributed by atoms with van der Waals surface area (Å²) in [5.41, 5.74) is 0. The normalized spacial score (nSPS) is 18.4. The molecule has 0 aromatic rings. The van der Waals surface area contributed by atoms with E-state index < -0.39 is 62.8 Å². The second-order valence-electron chi connectivity index (χ2n) is 17.1. The van der Waals surface area contributed by atoms with Gasteiger partial charge in [-0.25, -0.2) is 9.36 Å². The Balaban J connectivity index is 2.64. The van der Waals surface area contributed by atoms with Crippen molar-refractivity contribution in [3.05, 3.63) is 0 Å². The number of phosphoric acid groups is 1. The molecule has 0 aromatic carbocycles. The molecule has 19 heteroatoms. The van der Waals surface area contributed by atoms with Crippen LogP contribution in [0.15, 0.2) is 0 Å². The Kier molecular flexibility index (Phi) is 31.2. The fourth-order valence-corrected chi connectivity index (χ4v) is 7.49. The maximum Gasteiger partial charge on any atom is 0.472 e. The van der Waals surface area contributed by atoms with Gasteiger partial charge < -0.3 is 49.0 Å². The van der Waals surface area contributed by atoms with Gasteiger partial charge in [0.25, 0.3) is 0 Å². The van der Waals surface area contributed by atoms with Gasteiger partial charge in [-0.1, -0.05) is 84.0 Å². The molecule has 1 saturated heterocycles. The summed E-state index contributed by atoms with van der Waals surface area (Å²) in [6, 6.07) is -1.03. The Bertz CT molecular complexity index is 1320. The highest BCUT2D eigenvalue weighted by molar-refractivity contribution is 7.47. The summed E-state index contributed by atoms with van der Waals surface area (Å²) in [6.07, 6.45) is 15.8. The monoisotopic (exact) mass is 910 g/mol. The van der Waals surface area contributed by atoms with Crippen LogP contribution in [0.5, 0.6) is 0 Å². The van der Waals surface area contributed by atoms with Crippen LogP contribution in [0.3, 0.4) is 0 Å². The predicted molar refractivity (Wildman–Crippen MR) is 234 cm³/mol. The molecule has 4 N–H and O–H groups in total. The number of amides is 2. The standard InChI is InChI=1S/C43H81N4O14P/c1-8-9-10-11-12-13-14-15-16-17-18-19-20-24-40(50)57-32-35(33-59-62(53,54)58-29-28-47(3,4)5)60-41(51)26-25-38-37(30-42(55-6)61-38)44-27-22-21-23-36(43(52)56-7)46-39(49)31-45-34(2)48/h35-38,42,44H,8-33H2,1-7H3,(H2-,45,46,48,49,53,54)/p+1. The summed E-state index contributed by atoms with van der Waals surface area (Å²) in [6.45, 7) is 3.34. The highest BCUT2D eigenvalue weighted by Crippen LogP contribution is 2.43. The number of hydrogen-bond donors (Lipinski definition) is 4. The first-order chi connectivity index (χ1) is 29.5. The molecule has 1 aliphatic heterocycles. The van der Waals surface area contributed by atoms with Crippen LogP contribution < -0.4 is 16.0 Å². The van der Waals surface area contributed by atoms with Gasteiger partial charge in [0, 0.05) is 39.3 Å². The second kappa shape index (κ2) is 33.8. The number of hydrogen-bond acceptors (Lipinski definition) is 14. The minimum absolute atomic E-state index is 0.0395. The largest absolute Gasteiger partial charge is 0.472 e. The van der Waals surface area contributed by atoms with Gasteiger partial charge in [0.15, 0.2) is 12.4 Å². The van der Waals surface area contributed by atoms with E-state index in [0.29, 0.717) is 49.7 Å². The topological polar surface area (TPSA) is 223 Å². The molecule has 6 unspecified atom stereocenters. The number of likely N-dealkylation sites (N-methyl/N-ethyl adjacent to an activating group) is 1. The number of carbonyl (C=O) groups excluding carboxylic acids is 5. The number of rotatable bonds is 38. The maximum atomic E-state index is 13.1. The number of nitrogens with one attached hydrogen (secondary N) is 3. The van der Waals surface area contributed by atoms with Crippen LogP contribution in [0.2, 0.25) is 0 Å². The third-order valence-corrected chi connectivity index (χ3v) is 11.4. The molecular weight excluding hydrogens is 827 g/mol. The Morgan fingerprint density at radius 3 is 2.03 bits per heavy atom. The lowest BCUT2D eigenvalue weighted by Gasteiger charge is -2.24. The summed E-state index contributed by atoms with van der Waals surface area (Å²) in [5.74, 6) is -2.54. The molecule has 0 saturated carbocycles. The molecule has 0 aromatic heterocycles. The van der Waals surface area contributed by atoms with Gasteiger partial charge in [-0.3, -0.25) is 28.2 Å². The van der Waals surface area contributed by atoms with E-state index in [9.17, 15) is 33.4 Å².